The third kappa shape index (κ3) is 3.17. The maximum Gasteiger partial charge on any atom is 0.256 e. The Kier molecular flexibility index (Phi) is 3.79. The van der Waals surface area contributed by atoms with Crippen molar-refractivity contribution in [2.75, 3.05) is 5.32 Å². The molecule has 0 saturated carbocycles. The standard InChI is InChI=1S/C15H11BrN4O/c16-12-3-1-11(2-4-12)15(21)18-14-9-13(19-20-14)10-5-7-17-8-6-10/h1-9H,(H2,18,19,20,21). The summed E-state index contributed by atoms with van der Waals surface area (Å²) in [5.74, 6) is 0.282. The molecule has 0 bridgehead atoms. The van der Waals surface area contributed by atoms with E-state index < -0.39 is 0 Å². The van der Waals surface area contributed by atoms with Gasteiger partial charge in [-0.25, -0.2) is 0 Å². The van der Waals surface area contributed by atoms with Gasteiger partial charge in [0.05, 0.1) is 5.69 Å². The molecule has 21 heavy (non-hydrogen) atoms. The highest BCUT2D eigenvalue weighted by molar-refractivity contribution is 9.10. The minimum atomic E-state index is -0.199. The first-order valence-corrected chi connectivity index (χ1v) is 7.04. The van der Waals surface area contributed by atoms with Gasteiger partial charge in [-0.05, 0) is 36.4 Å². The van der Waals surface area contributed by atoms with E-state index in [9.17, 15) is 4.79 Å². The molecule has 2 heterocycles. The van der Waals surface area contributed by atoms with Crippen molar-refractivity contribution in [3.05, 3.63) is 64.9 Å². The predicted molar refractivity (Wildman–Crippen MR) is 83.9 cm³/mol. The molecule has 6 heteroatoms. The average Bonchev–Trinajstić information content (AvgIpc) is 2.97. The third-order valence-corrected chi connectivity index (χ3v) is 3.45. The monoisotopic (exact) mass is 342 g/mol. The van der Waals surface area contributed by atoms with E-state index >= 15 is 0 Å². The Labute approximate surface area is 129 Å². The number of carbonyl (C=O) groups is 1. The fraction of sp³-hybridized carbons (Fsp3) is 0. The number of nitrogens with one attached hydrogen (secondary N) is 2. The molecule has 0 spiro atoms. The highest BCUT2D eigenvalue weighted by atomic mass is 79.9. The number of amides is 1. The summed E-state index contributed by atoms with van der Waals surface area (Å²) in [6, 6.07) is 12.7. The van der Waals surface area contributed by atoms with Crippen LogP contribution in [0.2, 0.25) is 0 Å². The molecule has 5 nitrogen and oxygen atoms in total. The molecular formula is C15H11BrN4O. The Bertz CT molecular complexity index is 753. The maximum atomic E-state index is 12.1. The van der Waals surface area contributed by atoms with Crippen LogP contribution in [-0.2, 0) is 0 Å². The summed E-state index contributed by atoms with van der Waals surface area (Å²) < 4.78 is 0.929. The number of aromatic nitrogens is 3. The third-order valence-electron chi connectivity index (χ3n) is 2.92. The van der Waals surface area contributed by atoms with Crippen molar-refractivity contribution in [2.24, 2.45) is 0 Å². The summed E-state index contributed by atoms with van der Waals surface area (Å²) in [5, 5.41) is 9.73. The summed E-state index contributed by atoms with van der Waals surface area (Å²) in [5.41, 5.74) is 2.36. The number of hydrogen-bond donors (Lipinski definition) is 2. The average molecular weight is 343 g/mol. The number of nitrogens with zero attached hydrogens (tertiary/aromatic N) is 2. The van der Waals surface area contributed by atoms with Crippen LogP contribution in [0.3, 0.4) is 0 Å². The Hall–Kier alpha value is -2.47. The Morgan fingerprint density at radius 2 is 1.81 bits per heavy atom. The molecule has 1 amide bonds. The van der Waals surface area contributed by atoms with Crippen LogP contribution in [0.5, 0.6) is 0 Å². The lowest BCUT2D eigenvalue weighted by molar-refractivity contribution is 0.102. The van der Waals surface area contributed by atoms with Crippen molar-refractivity contribution < 1.29 is 4.79 Å². The fourth-order valence-electron chi connectivity index (χ4n) is 1.85. The van der Waals surface area contributed by atoms with Gasteiger partial charge in [-0.2, -0.15) is 5.10 Å². The van der Waals surface area contributed by atoms with E-state index in [4.69, 9.17) is 0 Å². The highest BCUT2D eigenvalue weighted by Crippen LogP contribution is 2.19. The first-order chi connectivity index (χ1) is 10.2. The van der Waals surface area contributed by atoms with Gasteiger partial charge in [-0.15, -0.1) is 0 Å². The number of benzene rings is 1. The first kappa shape index (κ1) is 13.5. The number of rotatable bonds is 3. The second-order valence-electron chi connectivity index (χ2n) is 4.36. The molecule has 104 valence electrons. The summed E-state index contributed by atoms with van der Waals surface area (Å²) in [6.07, 6.45) is 3.41. The maximum absolute atomic E-state index is 12.1. The topological polar surface area (TPSA) is 70.7 Å². The van der Waals surface area contributed by atoms with Crippen LogP contribution in [0.25, 0.3) is 11.3 Å². The van der Waals surface area contributed by atoms with E-state index in [1.54, 1.807) is 30.6 Å². The molecular weight excluding hydrogens is 332 g/mol. The number of aromatic amines is 1. The highest BCUT2D eigenvalue weighted by Gasteiger charge is 2.09. The molecule has 2 aromatic heterocycles. The van der Waals surface area contributed by atoms with Gasteiger partial charge in [0.15, 0.2) is 5.82 Å². The number of hydrogen-bond acceptors (Lipinski definition) is 3. The summed E-state index contributed by atoms with van der Waals surface area (Å²) in [6.45, 7) is 0. The second kappa shape index (κ2) is 5.88. The van der Waals surface area contributed by atoms with Gasteiger partial charge in [0.25, 0.3) is 5.91 Å². The van der Waals surface area contributed by atoms with Crippen LogP contribution >= 0.6 is 15.9 Å². The Morgan fingerprint density at radius 1 is 1.10 bits per heavy atom. The zero-order valence-corrected chi connectivity index (χ0v) is 12.5. The minimum absolute atomic E-state index is 0.199. The molecule has 2 N–H and O–H groups in total. The summed E-state index contributed by atoms with van der Waals surface area (Å²) >= 11 is 3.34. The van der Waals surface area contributed by atoms with Crippen molar-refractivity contribution >= 4 is 27.7 Å². The van der Waals surface area contributed by atoms with E-state index in [-0.39, 0.29) is 5.91 Å². The molecule has 0 aliphatic rings. The van der Waals surface area contributed by atoms with E-state index in [2.05, 4.69) is 36.4 Å². The number of H-pyrrole nitrogens is 1. The van der Waals surface area contributed by atoms with Crippen LogP contribution in [0.4, 0.5) is 5.82 Å². The van der Waals surface area contributed by atoms with Gasteiger partial charge in [-0.3, -0.25) is 14.9 Å². The van der Waals surface area contributed by atoms with Crippen molar-refractivity contribution in [1.29, 1.82) is 0 Å². The van der Waals surface area contributed by atoms with Gasteiger partial charge < -0.3 is 5.32 Å². The molecule has 0 saturated heterocycles. The normalized spacial score (nSPS) is 10.3. The van der Waals surface area contributed by atoms with Crippen LogP contribution in [-0.4, -0.2) is 21.1 Å². The molecule has 3 aromatic rings. The van der Waals surface area contributed by atoms with Gasteiger partial charge >= 0.3 is 0 Å². The number of anilines is 1. The lowest BCUT2D eigenvalue weighted by Gasteiger charge is -2.01. The number of halogens is 1. The van der Waals surface area contributed by atoms with Crippen LogP contribution in [0, 0.1) is 0 Å². The first-order valence-electron chi connectivity index (χ1n) is 6.25. The van der Waals surface area contributed by atoms with E-state index in [1.807, 2.05) is 24.3 Å². The van der Waals surface area contributed by atoms with Gasteiger partial charge in [0, 0.05) is 34.1 Å². The van der Waals surface area contributed by atoms with Crippen LogP contribution < -0.4 is 5.32 Å². The molecule has 0 aliphatic heterocycles. The minimum Gasteiger partial charge on any atom is -0.305 e. The summed E-state index contributed by atoms with van der Waals surface area (Å²) in [4.78, 5) is 16.0. The SMILES string of the molecule is O=C(Nc1cc(-c2ccncc2)[nH]n1)c1ccc(Br)cc1. The second-order valence-corrected chi connectivity index (χ2v) is 5.28. The van der Waals surface area contributed by atoms with E-state index in [0.717, 1.165) is 15.7 Å². The largest absolute Gasteiger partial charge is 0.305 e. The van der Waals surface area contributed by atoms with Gasteiger partial charge in [-0.1, -0.05) is 15.9 Å². The van der Waals surface area contributed by atoms with E-state index in [1.165, 1.54) is 0 Å². The molecule has 3 rings (SSSR count). The Balaban J connectivity index is 1.75. The zero-order chi connectivity index (χ0) is 14.7. The van der Waals surface area contributed by atoms with Crippen molar-refractivity contribution in [3.8, 4) is 11.3 Å². The lowest BCUT2D eigenvalue weighted by Crippen LogP contribution is -2.11. The lowest BCUT2D eigenvalue weighted by atomic mass is 10.2. The van der Waals surface area contributed by atoms with Crippen molar-refractivity contribution in [2.45, 2.75) is 0 Å². The quantitative estimate of drug-likeness (QED) is 0.765. The smallest absolute Gasteiger partial charge is 0.256 e. The van der Waals surface area contributed by atoms with Gasteiger partial charge in [0.2, 0.25) is 0 Å². The van der Waals surface area contributed by atoms with Crippen LogP contribution in [0.15, 0.2) is 59.3 Å². The van der Waals surface area contributed by atoms with Crippen molar-refractivity contribution in [3.63, 3.8) is 0 Å². The molecule has 0 fully saturated rings. The Morgan fingerprint density at radius 3 is 2.52 bits per heavy atom. The predicted octanol–water partition coefficient (Wildman–Crippen LogP) is 3.49. The van der Waals surface area contributed by atoms with E-state index in [0.29, 0.717) is 11.4 Å². The fourth-order valence-corrected chi connectivity index (χ4v) is 2.12. The zero-order valence-electron chi connectivity index (χ0n) is 10.9. The molecule has 1 aromatic carbocycles. The molecule has 0 radical (unpaired) electrons. The number of carbonyl (C=O) groups excluding carboxylic acids is 1. The molecule has 0 aliphatic carbocycles. The molecule has 0 atom stereocenters. The van der Waals surface area contributed by atoms with Crippen LogP contribution in [0.1, 0.15) is 10.4 Å². The van der Waals surface area contributed by atoms with Gasteiger partial charge in [0.1, 0.15) is 0 Å². The summed E-state index contributed by atoms with van der Waals surface area (Å²) in [7, 11) is 0. The molecule has 0 unspecified atom stereocenters. The number of pyridine rings is 1. The van der Waals surface area contributed by atoms with Crippen molar-refractivity contribution in [1.82, 2.24) is 15.2 Å².